The number of fused-ring (bicyclic) bond motifs is 4. The van der Waals surface area contributed by atoms with Crippen molar-refractivity contribution in [2.24, 2.45) is 22.7 Å². The first-order valence-corrected chi connectivity index (χ1v) is 13.0. The first kappa shape index (κ1) is 18.0. The Balaban J connectivity index is 1.63. The van der Waals surface area contributed by atoms with Gasteiger partial charge in [-0.3, -0.25) is 4.79 Å². The molecule has 0 aromatic heterocycles. The van der Waals surface area contributed by atoms with E-state index in [9.17, 15) is 9.90 Å². The summed E-state index contributed by atoms with van der Waals surface area (Å²) < 4.78 is 46.9. The number of benzene rings is 1. The van der Waals surface area contributed by atoms with Crippen LogP contribution < -0.4 is 4.90 Å². The molecular weight excluding hydrogens is 430 g/mol. The third-order valence-corrected chi connectivity index (χ3v) is 9.08. The standard InChI is InChI=1S/C32H41NO2/c1-30(2,3)17-18-32(35)16-15-28-26-13-9-22-19-24(34)12-14-25(22)29(26)27(20-31(28,32)4)21-7-10-23(11-8-21)33(5)6/h7-8,10-11,19,26-28,35H,9,12-16,20H2,1-6H3/t26-,27+,28-,31-,32+/m0/s1/i5D3,6D3. The quantitative estimate of drug-likeness (QED) is 0.499. The second kappa shape index (κ2) is 8.38. The molecule has 4 aliphatic carbocycles. The summed E-state index contributed by atoms with van der Waals surface area (Å²) in [6, 6.07) is 6.87. The molecule has 5 rings (SSSR count). The highest BCUT2D eigenvalue weighted by Crippen LogP contribution is 2.66. The van der Waals surface area contributed by atoms with Gasteiger partial charge in [-0.25, -0.2) is 0 Å². The number of nitrogens with zero attached hydrogens (tertiary/aromatic N) is 1. The zero-order chi connectivity index (χ0) is 30.2. The molecule has 0 saturated heterocycles. The normalized spacial score (nSPS) is 37.6. The van der Waals surface area contributed by atoms with Crippen LogP contribution in [0.2, 0.25) is 0 Å². The molecule has 1 aromatic carbocycles. The van der Waals surface area contributed by atoms with Gasteiger partial charge in [0, 0.05) is 51.0 Å². The van der Waals surface area contributed by atoms with Crippen molar-refractivity contribution in [3.63, 3.8) is 0 Å². The molecule has 0 amide bonds. The van der Waals surface area contributed by atoms with E-state index in [1.807, 2.05) is 39.0 Å². The van der Waals surface area contributed by atoms with E-state index >= 15 is 0 Å². The van der Waals surface area contributed by atoms with Crippen LogP contribution in [0, 0.1) is 34.5 Å². The van der Waals surface area contributed by atoms with Gasteiger partial charge in [-0.1, -0.05) is 36.5 Å². The Kier molecular flexibility index (Phi) is 4.31. The predicted octanol–water partition coefficient (Wildman–Crippen LogP) is 6.43. The van der Waals surface area contributed by atoms with Crippen molar-refractivity contribution in [1.82, 2.24) is 0 Å². The molecule has 186 valence electrons. The highest BCUT2D eigenvalue weighted by atomic mass is 16.3. The minimum absolute atomic E-state index is 0.0581. The molecule has 3 nitrogen and oxygen atoms in total. The second-order valence-corrected chi connectivity index (χ2v) is 12.3. The smallest absolute Gasteiger partial charge is 0.156 e. The van der Waals surface area contributed by atoms with Gasteiger partial charge < -0.3 is 10.0 Å². The van der Waals surface area contributed by atoms with Crippen LogP contribution in [0.1, 0.15) is 92.3 Å². The molecular formula is C32H41NO2. The van der Waals surface area contributed by atoms with Gasteiger partial charge in [0.25, 0.3) is 0 Å². The molecule has 0 spiro atoms. The number of aliphatic hydroxyl groups is 1. The minimum Gasteiger partial charge on any atom is -0.378 e. The number of rotatable bonds is 2. The summed E-state index contributed by atoms with van der Waals surface area (Å²) in [5.74, 6) is 7.28. The van der Waals surface area contributed by atoms with E-state index in [0.717, 1.165) is 30.4 Å². The van der Waals surface area contributed by atoms with Crippen molar-refractivity contribution in [3.8, 4) is 11.8 Å². The van der Waals surface area contributed by atoms with E-state index in [2.05, 4.69) is 18.8 Å². The van der Waals surface area contributed by atoms with E-state index < -0.39 is 25.0 Å². The van der Waals surface area contributed by atoms with Gasteiger partial charge >= 0.3 is 0 Å². The molecule has 0 bridgehead atoms. The lowest BCUT2D eigenvalue weighted by molar-refractivity contribution is -0.114. The molecule has 1 aromatic rings. The Hall–Kier alpha value is -2.31. The Morgan fingerprint density at radius 3 is 2.54 bits per heavy atom. The van der Waals surface area contributed by atoms with E-state index in [4.69, 9.17) is 8.22 Å². The Bertz CT molecular complexity index is 1340. The van der Waals surface area contributed by atoms with Crippen molar-refractivity contribution in [2.45, 2.75) is 84.2 Å². The van der Waals surface area contributed by atoms with Crippen LogP contribution in [0.5, 0.6) is 0 Å². The maximum atomic E-state index is 12.3. The average molecular weight is 478 g/mol. The fourth-order valence-electron chi connectivity index (χ4n) is 7.32. The van der Waals surface area contributed by atoms with Crippen LogP contribution in [0.4, 0.5) is 5.69 Å². The molecule has 35 heavy (non-hydrogen) atoms. The van der Waals surface area contributed by atoms with Crippen LogP contribution in [-0.2, 0) is 4.79 Å². The summed E-state index contributed by atoms with van der Waals surface area (Å²) in [6.45, 7) is 2.69. The average Bonchev–Trinajstić information content (AvgIpc) is 3.11. The zero-order valence-corrected chi connectivity index (χ0v) is 21.4. The third-order valence-electron chi connectivity index (χ3n) is 9.08. The van der Waals surface area contributed by atoms with Crippen LogP contribution in [0.25, 0.3) is 0 Å². The molecule has 0 radical (unpaired) electrons. The molecule has 0 heterocycles. The summed E-state index contributed by atoms with van der Waals surface area (Å²) in [5.41, 5.74) is 3.01. The minimum atomic E-state index is -2.82. The summed E-state index contributed by atoms with van der Waals surface area (Å²) in [7, 11) is 0. The summed E-state index contributed by atoms with van der Waals surface area (Å²) >= 11 is 0. The summed E-state index contributed by atoms with van der Waals surface area (Å²) in [4.78, 5) is 12.8. The number of allylic oxidation sites excluding steroid dienone is 4. The third kappa shape index (κ3) is 4.09. The fraction of sp³-hybridized carbons (Fsp3) is 0.594. The number of anilines is 1. The highest BCUT2D eigenvalue weighted by molar-refractivity contribution is 5.93. The lowest BCUT2D eigenvalue weighted by Crippen LogP contribution is -2.51. The van der Waals surface area contributed by atoms with Crippen molar-refractivity contribution in [1.29, 1.82) is 0 Å². The predicted molar refractivity (Wildman–Crippen MR) is 143 cm³/mol. The topological polar surface area (TPSA) is 40.5 Å². The van der Waals surface area contributed by atoms with Crippen LogP contribution >= 0.6 is 0 Å². The van der Waals surface area contributed by atoms with Gasteiger partial charge in [-0.2, -0.15) is 0 Å². The van der Waals surface area contributed by atoms with Gasteiger partial charge in [-0.15, -0.1) is 0 Å². The van der Waals surface area contributed by atoms with Crippen molar-refractivity contribution >= 4 is 11.5 Å². The van der Waals surface area contributed by atoms with Crippen LogP contribution in [0.15, 0.2) is 47.1 Å². The number of carbonyl (C=O) groups is 1. The first-order chi connectivity index (χ1) is 18.8. The fourth-order valence-corrected chi connectivity index (χ4v) is 7.32. The van der Waals surface area contributed by atoms with Crippen LogP contribution in [-0.4, -0.2) is 30.4 Å². The monoisotopic (exact) mass is 477 g/mol. The maximum Gasteiger partial charge on any atom is 0.156 e. The molecule has 4 aliphatic rings. The van der Waals surface area contributed by atoms with E-state index in [-0.39, 0.29) is 34.6 Å². The molecule has 2 fully saturated rings. The van der Waals surface area contributed by atoms with Crippen LogP contribution in [0.3, 0.4) is 0 Å². The lowest BCUT2D eigenvalue weighted by Gasteiger charge is -2.53. The number of ketones is 1. The molecule has 3 heteroatoms. The van der Waals surface area contributed by atoms with Gasteiger partial charge in [-0.05, 0) is 106 Å². The maximum absolute atomic E-state index is 12.3. The Morgan fingerprint density at radius 2 is 1.86 bits per heavy atom. The number of hydrogen-bond acceptors (Lipinski definition) is 3. The Morgan fingerprint density at radius 1 is 1.11 bits per heavy atom. The molecule has 2 saturated carbocycles. The SMILES string of the molecule is [2H]C([2H])([2H])N(c1ccc([C@H]2C[C@@]3(C)[C@@H](CC[C@@]3(O)C#CC(C)(C)C)[C@@H]3CCC4=CC(=O)CCC4=C32)cc1)C([2H])([2H])[2H]. The van der Waals surface area contributed by atoms with Crippen molar-refractivity contribution in [2.75, 3.05) is 18.9 Å². The molecule has 0 unspecified atom stereocenters. The molecule has 0 aliphatic heterocycles. The van der Waals surface area contributed by atoms with Gasteiger partial charge in [0.1, 0.15) is 5.60 Å². The summed E-state index contributed by atoms with van der Waals surface area (Å²) in [6.07, 6.45) is 6.99. The highest BCUT2D eigenvalue weighted by Gasteiger charge is 2.62. The first-order valence-electron chi connectivity index (χ1n) is 16.0. The second-order valence-electron chi connectivity index (χ2n) is 12.3. The van der Waals surface area contributed by atoms with Crippen molar-refractivity contribution in [3.05, 3.63) is 52.6 Å². The van der Waals surface area contributed by atoms with E-state index in [1.54, 1.807) is 12.1 Å². The van der Waals surface area contributed by atoms with E-state index in [0.29, 0.717) is 30.6 Å². The molecule has 5 atom stereocenters. The van der Waals surface area contributed by atoms with Crippen molar-refractivity contribution < 1.29 is 18.1 Å². The van der Waals surface area contributed by atoms with Gasteiger partial charge in [0.15, 0.2) is 5.78 Å². The molecule has 1 N–H and O–H groups in total. The van der Waals surface area contributed by atoms with Gasteiger partial charge in [0.05, 0.1) is 0 Å². The number of hydrogen-bond donors (Lipinski definition) is 1. The number of carbonyl (C=O) groups excluding carboxylic acids is 1. The summed E-state index contributed by atoms with van der Waals surface area (Å²) in [5, 5.41) is 12.1. The largest absolute Gasteiger partial charge is 0.378 e. The van der Waals surface area contributed by atoms with Gasteiger partial charge in [0.2, 0.25) is 0 Å². The lowest BCUT2D eigenvalue weighted by atomic mass is 9.51. The Labute approximate surface area is 220 Å². The van der Waals surface area contributed by atoms with E-state index in [1.165, 1.54) is 11.1 Å². The zero-order valence-electron chi connectivity index (χ0n) is 27.4.